The van der Waals surface area contributed by atoms with Crippen LogP contribution in [0, 0.1) is 12.7 Å². The molecule has 0 amide bonds. The molecule has 66 valence electrons. The zero-order chi connectivity index (χ0) is 9.30. The lowest BCUT2D eigenvalue weighted by atomic mass is 10.1. The van der Waals surface area contributed by atoms with Gasteiger partial charge in [-0.3, -0.25) is 0 Å². The third-order valence-corrected chi connectivity index (χ3v) is 2.04. The molecule has 1 aromatic carbocycles. The fourth-order valence-electron chi connectivity index (χ4n) is 0.878. The van der Waals surface area contributed by atoms with Crippen LogP contribution >= 0.6 is 11.6 Å². The summed E-state index contributed by atoms with van der Waals surface area (Å²) in [7, 11) is 0. The van der Waals surface area contributed by atoms with E-state index in [1.165, 1.54) is 6.07 Å². The molecular weight excluding hydrogens is 189 g/mol. The zero-order valence-electron chi connectivity index (χ0n) is 6.24. The van der Waals surface area contributed by atoms with Crippen LogP contribution in [0.1, 0.15) is 17.6 Å². The van der Waals surface area contributed by atoms with Crippen molar-refractivity contribution in [3.8, 4) is 0 Å². The van der Waals surface area contributed by atoms with Crippen LogP contribution < -0.4 is 0 Å². The van der Waals surface area contributed by atoms with Crippen molar-refractivity contribution in [3.63, 3.8) is 0 Å². The molecule has 12 heavy (non-hydrogen) atoms. The molecule has 0 saturated carbocycles. The fraction of sp³-hybridized carbons (Fsp3) is 0.250. The number of benzene rings is 1. The van der Waals surface area contributed by atoms with Crippen molar-refractivity contribution in [2.24, 2.45) is 0 Å². The van der Waals surface area contributed by atoms with Crippen molar-refractivity contribution in [3.05, 3.63) is 34.1 Å². The van der Waals surface area contributed by atoms with Crippen LogP contribution in [0.3, 0.4) is 0 Å². The molecule has 0 nitrogen and oxygen atoms in total. The summed E-state index contributed by atoms with van der Waals surface area (Å²) in [5.41, 5.74) is -0.259. The van der Waals surface area contributed by atoms with E-state index < -0.39 is 17.8 Å². The minimum atomic E-state index is -2.86. The molecule has 0 bridgehead atoms. The number of aryl methyl sites for hydroxylation is 1. The van der Waals surface area contributed by atoms with E-state index in [1.807, 2.05) is 0 Å². The maximum absolute atomic E-state index is 12.7. The minimum absolute atomic E-state index is 0.190. The molecule has 4 heteroatoms. The van der Waals surface area contributed by atoms with Gasteiger partial charge in [-0.2, -0.15) is 0 Å². The van der Waals surface area contributed by atoms with Crippen LogP contribution in [0.4, 0.5) is 13.2 Å². The van der Waals surface area contributed by atoms with E-state index in [4.69, 9.17) is 11.6 Å². The van der Waals surface area contributed by atoms with Gasteiger partial charge in [0.05, 0.1) is 10.6 Å². The first-order chi connectivity index (χ1) is 5.54. The van der Waals surface area contributed by atoms with E-state index in [1.54, 1.807) is 6.92 Å². The van der Waals surface area contributed by atoms with Gasteiger partial charge in [0.2, 0.25) is 0 Å². The summed E-state index contributed by atoms with van der Waals surface area (Å²) < 4.78 is 37.0. The van der Waals surface area contributed by atoms with Crippen molar-refractivity contribution in [1.82, 2.24) is 0 Å². The van der Waals surface area contributed by atoms with E-state index in [-0.39, 0.29) is 5.02 Å². The number of hydrogen-bond donors (Lipinski definition) is 0. The molecule has 1 aromatic rings. The summed E-state index contributed by atoms with van der Waals surface area (Å²) in [6.45, 7) is 1.55. The first-order valence-corrected chi connectivity index (χ1v) is 3.64. The average Bonchev–Trinajstić information content (AvgIpc) is 1.97. The Bertz CT molecular complexity index is 297. The van der Waals surface area contributed by atoms with Crippen LogP contribution in [0.25, 0.3) is 0 Å². The lowest BCUT2D eigenvalue weighted by Gasteiger charge is -2.06. The quantitative estimate of drug-likeness (QED) is 0.639. The zero-order valence-corrected chi connectivity index (χ0v) is 7.00. The molecule has 0 aromatic heterocycles. The molecule has 0 aliphatic carbocycles. The SMILES string of the molecule is Cc1ccc(F)c(C(F)F)c1Cl. The molecule has 0 saturated heterocycles. The highest BCUT2D eigenvalue weighted by Crippen LogP contribution is 2.31. The van der Waals surface area contributed by atoms with Gasteiger partial charge in [0.15, 0.2) is 0 Å². The Hall–Kier alpha value is -0.700. The summed E-state index contributed by atoms with van der Waals surface area (Å²) in [4.78, 5) is 0. The predicted octanol–water partition coefficient (Wildman–Crippen LogP) is 3.73. The van der Waals surface area contributed by atoms with E-state index in [2.05, 4.69) is 0 Å². The smallest absolute Gasteiger partial charge is 0.206 e. The van der Waals surface area contributed by atoms with Crippen LogP contribution in [-0.4, -0.2) is 0 Å². The van der Waals surface area contributed by atoms with Crippen molar-refractivity contribution < 1.29 is 13.2 Å². The topological polar surface area (TPSA) is 0 Å². The van der Waals surface area contributed by atoms with Crippen molar-refractivity contribution in [2.45, 2.75) is 13.3 Å². The molecule has 0 N–H and O–H groups in total. The van der Waals surface area contributed by atoms with Gasteiger partial charge in [-0.1, -0.05) is 17.7 Å². The number of rotatable bonds is 1. The molecule has 0 aliphatic rings. The van der Waals surface area contributed by atoms with Gasteiger partial charge >= 0.3 is 0 Å². The first kappa shape index (κ1) is 9.39. The Kier molecular flexibility index (Phi) is 2.62. The molecule has 0 spiro atoms. The largest absolute Gasteiger partial charge is 0.268 e. The lowest BCUT2D eigenvalue weighted by Crippen LogP contribution is -1.93. The molecule has 0 radical (unpaired) electrons. The molecule has 0 fully saturated rings. The summed E-state index contributed by atoms with van der Waals surface area (Å²) in [5.74, 6) is -0.958. The van der Waals surface area contributed by atoms with Gasteiger partial charge in [-0.05, 0) is 18.6 Å². The molecule has 0 aliphatic heterocycles. The lowest BCUT2D eigenvalue weighted by molar-refractivity contribution is 0.146. The Morgan fingerprint density at radius 3 is 2.33 bits per heavy atom. The second-order valence-corrected chi connectivity index (χ2v) is 2.77. The van der Waals surface area contributed by atoms with E-state index in [0.29, 0.717) is 5.56 Å². The fourth-order valence-corrected chi connectivity index (χ4v) is 1.11. The average molecular weight is 195 g/mol. The predicted molar refractivity (Wildman–Crippen MR) is 41.1 cm³/mol. The number of alkyl halides is 2. The monoisotopic (exact) mass is 194 g/mol. The van der Waals surface area contributed by atoms with Gasteiger partial charge in [-0.15, -0.1) is 0 Å². The van der Waals surface area contributed by atoms with Crippen LogP contribution in [0.15, 0.2) is 12.1 Å². The number of hydrogen-bond acceptors (Lipinski definition) is 0. The summed E-state index contributed by atoms with van der Waals surface area (Å²) in [5, 5.41) is -0.190. The second kappa shape index (κ2) is 3.35. The van der Waals surface area contributed by atoms with E-state index >= 15 is 0 Å². The molecule has 0 atom stereocenters. The molecular formula is C8H6ClF3. The Morgan fingerprint density at radius 2 is 1.92 bits per heavy atom. The second-order valence-electron chi connectivity index (χ2n) is 2.39. The van der Waals surface area contributed by atoms with Gasteiger partial charge in [0, 0.05) is 0 Å². The van der Waals surface area contributed by atoms with Gasteiger partial charge in [0.25, 0.3) is 6.43 Å². The number of halogens is 4. The van der Waals surface area contributed by atoms with E-state index in [9.17, 15) is 13.2 Å². The molecule has 0 heterocycles. The maximum atomic E-state index is 12.7. The Labute approximate surface area is 73.0 Å². The minimum Gasteiger partial charge on any atom is -0.206 e. The van der Waals surface area contributed by atoms with Crippen molar-refractivity contribution in [2.75, 3.05) is 0 Å². The van der Waals surface area contributed by atoms with Gasteiger partial charge < -0.3 is 0 Å². The summed E-state index contributed by atoms with van der Waals surface area (Å²) in [6, 6.07) is 2.35. The van der Waals surface area contributed by atoms with Crippen molar-refractivity contribution in [1.29, 1.82) is 0 Å². The van der Waals surface area contributed by atoms with Gasteiger partial charge in [-0.25, -0.2) is 13.2 Å². The Balaban J connectivity index is 3.33. The third-order valence-electron chi connectivity index (χ3n) is 1.54. The molecule has 0 unspecified atom stereocenters. The summed E-state index contributed by atoms with van der Waals surface area (Å²) >= 11 is 5.47. The maximum Gasteiger partial charge on any atom is 0.268 e. The molecule has 1 rings (SSSR count). The standard InChI is InChI=1S/C8H6ClF3/c1-4-2-3-5(10)6(7(4)9)8(11)12/h2-3,8H,1H3. The summed E-state index contributed by atoms with van der Waals surface area (Å²) in [6.07, 6.45) is -2.86. The van der Waals surface area contributed by atoms with Crippen LogP contribution in [0.5, 0.6) is 0 Å². The Morgan fingerprint density at radius 1 is 1.33 bits per heavy atom. The normalized spacial score (nSPS) is 10.8. The van der Waals surface area contributed by atoms with Gasteiger partial charge in [0.1, 0.15) is 5.82 Å². The highest BCUT2D eigenvalue weighted by Gasteiger charge is 2.18. The van der Waals surface area contributed by atoms with Crippen LogP contribution in [0.2, 0.25) is 5.02 Å². The van der Waals surface area contributed by atoms with E-state index in [0.717, 1.165) is 6.07 Å². The first-order valence-electron chi connectivity index (χ1n) is 3.26. The highest BCUT2D eigenvalue weighted by molar-refractivity contribution is 6.32. The van der Waals surface area contributed by atoms with Crippen LogP contribution in [-0.2, 0) is 0 Å². The van der Waals surface area contributed by atoms with Crippen molar-refractivity contribution >= 4 is 11.6 Å². The highest BCUT2D eigenvalue weighted by atomic mass is 35.5. The third kappa shape index (κ3) is 1.55.